The molecule has 1 aliphatic heterocycles. The van der Waals surface area contributed by atoms with Crippen molar-refractivity contribution in [3.05, 3.63) is 46.2 Å². The van der Waals surface area contributed by atoms with Crippen molar-refractivity contribution in [3.63, 3.8) is 0 Å². The van der Waals surface area contributed by atoms with E-state index in [4.69, 9.17) is 37.4 Å². The van der Waals surface area contributed by atoms with Crippen molar-refractivity contribution in [1.29, 1.82) is 0 Å². The number of nitrogens with one attached hydrogen (secondary N) is 1. The fourth-order valence-electron chi connectivity index (χ4n) is 2.77. The summed E-state index contributed by atoms with van der Waals surface area (Å²) in [5, 5.41) is 3.22. The fourth-order valence-corrected chi connectivity index (χ4v) is 3.23. The van der Waals surface area contributed by atoms with Gasteiger partial charge in [-0.3, -0.25) is 9.78 Å². The highest BCUT2D eigenvalue weighted by Crippen LogP contribution is 2.31. The molecule has 0 radical (unpaired) electrons. The molecular formula is C19H20Cl2N2O4. The van der Waals surface area contributed by atoms with Crippen LogP contribution < -0.4 is 14.8 Å². The lowest BCUT2D eigenvalue weighted by molar-refractivity contribution is -0.0114. The minimum atomic E-state index is -0.369. The Morgan fingerprint density at radius 2 is 2.04 bits per heavy atom. The summed E-state index contributed by atoms with van der Waals surface area (Å²) in [4.78, 5) is 16.5. The number of rotatable bonds is 6. The summed E-state index contributed by atoms with van der Waals surface area (Å²) in [7, 11) is 1.55. The molecule has 1 fully saturated rings. The predicted octanol–water partition coefficient (Wildman–Crippen LogP) is 4.60. The van der Waals surface area contributed by atoms with E-state index in [0.29, 0.717) is 29.4 Å². The number of methoxy groups -OCH3 is 1. The number of pyridine rings is 1. The highest BCUT2D eigenvalue weighted by atomic mass is 35.5. The van der Waals surface area contributed by atoms with E-state index in [1.54, 1.807) is 25.3 Å². The van der Waals surface area contributed by atoms with Crippen molar-refractivity contribution in [2.45, 2.75) is 25.4 Å². The minimum absolute atomic E-state index is 0.0513. The molecule has 1 atom stereocenters. The minimum Gasteiger partial charge on any atom is -0.493 e. The maximum Gasteiger partial charge on any atom is 0.255 e. The number of benzene rings is 1. The standard InChI is InChI=1S/C19H20Cl2N2O4/c1-25-16-6-5-12(8-17(16)27-11-13-4-2-3-7-26-13)19(24)23-18-14(20)9-22-10-15(18)21/h5-6,8-10,13H,2-4,7,11H2,1H3,(H,22,23,24). The Kier molecular flexibility index (Phi) is 6.77. The van der Waals surface area contributed by atoms with Crippen LogP contribution in [0.25, 0.3) is 0 Å². The van der Waals surface area contributed by atoms with Gasteiger partial charge in [-0.05, 0) is 37.5 Å². The zero-order chi connectivity index (χ0) is 19.2. The van der Waals surface area contributed by atoms with Crippen molar-refractivity contribution >= 4 is 34.8 Å². The van der Waals surface area contributed by atoms with Crippen LogP contribution >= 0.6 is 23.2 Å². The van der Waals surface area contributed by atoms with E-state index in [1.165, 1.54) is 12.4 Å². The number of hydrogen-bond acceptors (Lipinski definition) is 5. The highest BCUT2D eigenvalue weighted by molar-refractivity contribution is 6.39. The fraction of sp³-hybridized carbons (Fsp3) is 0.368. The van der Waals surface area contributed by atoms with Gasteiger partial charge in [0, 0.05) is 24.6 Å². The van der Waals surface area contributed by atoms with Crippen LogP contribution in [0.15, 0.2) is 30.6 Å². The van der Waals surface area contributed by atoms with Gasteiger partial charge in [-0.1, -0.05) is 23.2 Å². The SMILES string of the molecule is COc1ccc(C(=O)Nc2c(Cl)cncc2Cl)cc1OCC1CCCCO1. The second-order valence-corrected chi connectivity index (χ2v) is 6.91. The second kappa shape index (κ2) is 9.26. The number of carbonyl (C=O) groups is 1. The number of ether oxygens (including phenoxy) is 3. The zero-order valence-electron chi connectivity index (χ0n) is 14.8. The molecule has 0 bridgehead atoms. The van der Waals surface area contributed by atoms with Gasteiger partial charge in [-0.2, -0.15) is 0 Å². The van der Waals surface area contributed by atoms with E-state index in [2.05, 4.69) is 10.3 Å². The Bertz CT molecular complexity index is 790. The molecule has 8 heteroatoms. The molecule has 1 saturated heterocycles. The summed E-state index contributed by atoms with van der Waals surface area (Å²) in [6.07, 6.45) is 6.04. The number of anilines is 1. The summed E-state index contributed by atoms with van der Waals surface area (Å²) in [5.41, 5.74) is 0.700. The third-order valence-electron chi connectivity index (χ3n) is 4.22. The molecule has 0 aliphatic carbocycles. The molecule has 1 aromatic heterocycles. The molecule has 3 rings (SSSR count). The van der Waals surface area contributed by atoms with Gasteiger partial charge in [-0.25, -0.2) is 0 Å². The van der Waals surface area contributed by atoms with Crippen LogP contribution in [-0.2, 0) is 4.74 Å². The molecule has 0 saturated carbocycles. The molecule has 1 N–H and O–H groups in total. The van der Waals surface area contributed by atoms with Crippen LogP contribution in [0.4, 0.5) is 5.69 Å². The molecule has 2 heterocycles. The number of amides is 1. The number of nitrogens with zero attached hydrogens (tertiary/aromatic N) is 1. The van der Waals surface area contributed by atoms with Gasteiger partial charge in [0.2, 0.25) is 0 Å². The largest absolute Gasteiger partial charge is 0.493 e. The van der Waals surface area contributed by atoms with Crippen molar-refractivity contribution in [3.8, 4) is 11.5 Å². The molecule has 1 aliphatic rings. The van der Waals surface area contributed by atoms with Gasteiger partial charge in [0.05, 0.1) is 28.9 Å². The molecule has 1 unspecified atom stereocenters. The van der Waals surface area contributed by atoms with Crippen LogP contribution in [0.3, 0.4) is 0 Å². The molecule has 6 nitrogen and oxygen atoms in total. The van der Waals surface area contributed by atoms with E-state index < -0.39 is 0 Å². The van der Waals surface area contributed by atoms with Crippen LogP contribution in [0.1, 0.15) is 29.6 Å². The molecule has 2 aromatic rings. The summed E-state index contributed by atoms with van der Waals surface area (Å²) in [5.74, 6) is 0.653. The monoisotopic (exact) mass is 410 g/mol. The van der Waals surface area contributed by atoms with Crippen LogP contribution in [-0.4, -0.2) is 37.3 Å². The Morgan fingerprint density at radius 3 is 2.70 bits per heavy atom. The normalized spacial score (nSPS) is 16.6. The molecule has 0 spiro atoms. The summed E-state index contributed by atoms with van der Waals surface area (Å²) in [6.45, 7) is 1.16. The Balaban J connectivity index is 1.74. The van der Waals surface area contributed by atoms with Crippen LogP contribution in [0.2, 0.25) is 10.0 Å². The average Bonchev–Trinajstić information content (AvgIpc) is 2.69. The molecule has 1 aromatic carbocycles. The lowest BCUT2D eigenvalue weighted by Gasteiger charge is -2.23. The smallest absolute Gasteiger partial charge is 0.255 e. The van der Waals surface area contributed by atoms with E-state index in [9.17, 15) is 4.79 Å². The van der Waals surface area contributed by atoms with Gasteiger partial charge in [0.25, 0.3) is 5.91 Å². The van der Waals surface area contributed by atoms with E-state index >= 15 is 0 Å². The number of halogens is 2. The number of hydrogen-bond donors (Lipinski definition) is 1. The van der Waals surface area contributed by atoms with Gasteiger partial charge in [0.1, 0.15) is 6.61 Å². The number of aromatic nitrogens is 1. The first-order chi connectivity index (χ1) is 13.1. The third kappa shape index (κ3) is 5.03. The first kappa shape index (κ1) is 19.7. The second-order valence-electron chi connectivity index (χ2n) is 6.10. The van der Waals surface area contributed by atoms with E-state index in [-0.39, 0.29) is 22.1 Å². The van der Waals surface area contributed by atoms with E-state index in [0.717, 1.165) is 25.9 Å². The van der Waals surface area contributed by atoms with Crippen LogP contribution in [0, 0.1) is 0 Å². The molecule has 144 valence electrons. The molecule has 1 amide bonds. The topological polar surface area (TPSA) is 69.7 Å². The number of carbonyl (C=O) groups excluding carboxylic acids is 1. The highest BCUT2D eigenvalue weighted by Gasteiger charge is 2.18. The third-order valence-corrected chi connectivity index (χ3v) is 4.79. The Labute approximate surface area is 167 Å². The van der Waals surface area contributed by atoms with Gasteiger partial charge in [0.15, 0.2) is 11.5 Å². The lowest BCUT2D eigenvalue weighted by atomic mass is 10.1. The van der Waals surface area contributed by atoms with Crippen molar-refractivity contribution in [2.75, 3.05) is 25.6 Å². The molecule has 27 heavy (non-hydrogen) atoms. The zero-order valence-corrected chi connectivity index (χ0v) is 16.3. The Hall–Kier alpha value is -2.02. The first-order valence-corrected chi connectivity index (χ1v) is 9.37. The van der Waals surface area contributed by atoms with Gasteiger partial charge < -0.3 is 19.5 Å². The van der Waals surface area contributed by atoms with Crippen molar-refractivity contribution < 1.29 is 19.0 Å². The molecular weight excluding hydrogens is 391 g/mol. The van der Waals surface area contributed by atoms with Crippen molar-refractivity contribution in [2.24, 2.45) is 0 Å². The average molecular weight is 411 g/mol. The maximum absolute atomic E-state index is 12.6. The van der Waals surface area contributed by atoms with E-state index in [1.807, 2.05) is 0 Å². The summed E-state index contributed by atoms with van der Waals surface area (Å²) in [6, 6.07) is 4.95. The first-order valence-electron chi connectivity index (χ1n) is 8.61. The quantitative estimate of drug-likeness (QED) is 0.753. The lowest BCUT2D eigenvalue weighted by Crippen LogP contribution is -2.26. The predicted molar refractivity (Wildman–Crippen MR) is 104 cm³/mol. The summed E-state index contributed by atoms with van der Waals surface area (Å²) < 4.78 is 16.9. The van der Waals surface area contributed by atoms with Gasteiger partial charge >= 0.3 is 0 Å². The maximum atomic E-state index is 12.6. The van der Waals surface area contributed by atoms with Gasteiger partial charge in [-0.15, -0.1) is 0 Å². The van der Waals surface area contributed by atoms with Crippen LogP contribution in [0.5, 0.6) is 11.5 Å². The Morgan fingerprint density at radius 1 is 1.26 bits per heavy atom. The summed E-state index contributed by atoms with van der Waals surface area (Å²) >= 11 is 12.1. The van der Waals surface area contributed by atoms with Crippen molar-refractivity contribution in [1.82, 2.24) is 4.98 Å².